The molecule has 1 aliphatic rings. The summed E-state index contributed by atoms with van der Waals surface area (Å²) >= 11 is 0. The molecular formula is C19H31NO. The van der Waals surface area contributed by atoms with Crippen molar-refractivity contribution in [2.75, 3.05) is 6.54 Å². The molecule has 1 saturated carbocycles. The number of ether oxygens (including phenoxy) is 1. The van der Waals surface area contributed by atoms with Crippen LogP contribution in [0.4, 0.5) is 0 Å². The van der Waals surface area contributed by atoms with Gasteiger partial charge in [-0.05, 0) is 49.8 Å². The number of hydrogen-bond donors (Lipinski definition) is 1. The Hall–Kier alpha value is -1.02. The van der Waals surface area contributed by atoms with Gasteiger partial charge >= 0.3 is 0 Å². The van der Waals surface area contributed by atoms with Crippen molar-refractivity contribution < 1.29 is 4.74 Å². The standard InChI is InChI=1S/C19H31NO/c1-4-15(2)17-10-12-19(13-11-17)21-16(3)14-20-18-8-6-5-7-9-18/h10-13,15-16,18,20H,4-9,14H2,1-3H3. The Morgan fingerprint density at radius 1 is 1.10 bits per heavy atom. The van der Waals surface area contributed by atoms with Crippen LogP contribution in [0.5, 0.6) is 5.75 Å². The van der Waals surface area contributed by atoms with Crippen molar-refractivity contribution in [3.63, 3.8) is 0 Å². The lowest BCUT2D eigenvalue weighted by atomic mass is 9.95. The van der Waals surface area contributed by atoms with E-state index in [2.05, 4.69) is 50.4 Å². The van der Waals surface area contributed by atoms with E-state index in [9.17, 15) is 0 Å². The molecular weight excluding hydrogens is 258 g/mol. The highest BCUT2D eigenvalue weighted by molar-refractivity contribution is 5.29. The van der Waals surface area contributed by atoms with Crippen molar-refractivity contribution in [2.24, 2.45) is 0 Å². The van der Waals surface area contributed by atoms with Gasteiger partial charge in [-0.2, -0.15) is 0 Å². The third-order valence-corrected chi connectivity index (χ3v) is 4.70. The highest BCUT2D eigenvalue weighted by Crippen LogP contribution is 2.22. The average molecular weight is 289 g/mol. The molecule has 1 N–H and O–H groups in total. The lowest BCUT2D eigenvalue weighted by Gasteiger charge is -2.25. The highest BCUT2D eigenvalue weighted by atomic mass is 16.5. The summed E-state index contributed by atoms with van der Waals surface area (Å²) in [5.74, 6) is 1.62. The summed E-state index contributed by atoms with van der Waals surface area (Å²) in [6.07, 6.45) is 8.23. The quantitative estimate of drug-likeness (QED) is 0.771. The smallest absolute Gasteiger partial charge is 0.119 e. The Morgan fingerprint density at radius 3 is 2.38 bits per heavy atom. The molecule has 118 valence electrons. The minimum Gasteiger partial charge on any atom is -0.489 e. The minimum absolute atomic E-state index is 0.223. The molecule has 0 heterocycles. The van der Waals surface area contributed by atoms with E-state index in [1.807, 2.05) is 0 Å². The van der Waals surface area contributed by atoms with Crippen LogP contribution in [-0.2, 0) is 0 Å². The van der Waals surface area contributed by atoms with Gasteiger partial charge in [0.25, 0.3) is 0 Å². The van der Waals surface area contributed by atoms with E-state index in [1.54, 1.807) is 0 Å². The second kappa shape index (κ2) is 8.43. The molecule has 0 aromatic heterocycles. The molecule has 0 bridgehead atoms. The first-order chi connectivity index (χ1) is 10.2. The zero-order valence-corrected chi connectivity index (χ0v) is 13.9. The van der Waals surface area contributed by atoms with Crippen molar-refractivity contribution in [1.82, 2.24) is 5.32 Å². The Kier molecular flexibility index (Phi) is 6.56. The van der Waals surface area contributed by atoms with E-state index in [0.717, 1.165) is 12.3 Å². The Balaban J connectivity index is 1.75. The highest BCUT2D eigenvalue weighted by Gasteiger charge is 2.14. The zero-order valence-electron chi connectivity index (χ0n) is 13.9. The van der Waals surface area contributed by atoms with Gasteiger partial charge in [-0.3, -0.25) is 0 Å². The second-order valence-electron chi connectivity index (χ2n) is 6.55. The molecule has 1 aromatic carbocycles. The van der Waals surface area contributed by atoms with E-state index >= 15 is 0 Å². The van der Waals surface area contributed by atoms with Crippen LogP contribution >= 0.6 is 0 Å². The largest absolute Gasteiger partial charge is 0.489 e. The monoisotopic (exact) mass is 289 g/mol. The first kappa shape index (κ1) is 16.4. The molecule has 1 aliphatic carbocycles. The van der Waals surface area contributed by atoms with Crippen LogP contribution in [0.1, 0.15) is 70.8 Å². The molecule has 0 aliphatic heterocycles. The topological polar surface area (TPSA) is 21.3 Å². The van der Waals surface area contributed by atoms with Gasteiger partial charge in [0.2, 0.25) is 0 Å². The van der Waals surface area contributed by atoms with Crippen LogP contribution in [0.15, 0.2) is 24.3 Å². The molecule has 2 nitrogen and oxygen atoms in total. The Bertz CT molecular complexity index is 395. The molecule has 0 spiro atoms. The molecule has 1 aromatic rings. The molecule has 21 heavy (non-hydrogen) atoms. The number of nitrogens with one attached hydrogen (secondary N) is 1. The number of benzene rings is 1. The lowest BCUT2D eigenvalue weighted by molar-refractivity contribution is 0.205. The fraction of sp³-hybridized carbons (Fsp3) is 0.684. The van der Waals surface area contributed by atoms with Crippen LogP contribution in [-0.4, -0.2) is 18.7 Å². The summed E-state index contributed by atoms with van der Waals surface area (Å²) in [4.78, 5) is 0. The zero-order chi connectivity index (χ0) is 15.1. The fourth-order valence-electron chi connectivity index (χ4n) is 3.02. The van der Waals surface area contributed by atoms with Crippen molar-refractivity contribution >= 4 is 0 Å². The first-order valence-corrected chi connectivity index (χ1v) is 8.69. The molecule has 2 heteroatoms. The maximum atomic E-state index is 6.01. The molecule has 0 radical (unpaired) electrons. The molecule has 0 saturated heterocycles. The van der Waals surface area contributed by atoms with Gasteiger partial charge in [0.05, 0.1) is 0 Å². The summed E-state index contributed by atoms with van der Waals surface area (Å²) in [5, 5.41) is 3.66. The van der Waals surface area contributed by atoms with Gasteiger partial charge in [0.1, 0.15) is 11.9 Å². The molecule has 0 amide bonds. The maximum Gasteiger partial charge on any atom is 0.119 e. The van der Waals surface area contributed by atoms with Crippen LogP contribution in [0.2, 0.25) is 0 Å². The van der Waals surface area contributed by atoms with Gasteiger partial charge in [0, 0.05) is 12.6 Å². The average Bonchev–Trinajstić information content (AvgIpc) is 2.54. The van der Waals surface area contributed by atoms with Gasteiger partial charge in [0.15, 0.2) is 0 Å². The summed E-state index contributed by atoms with van der Waals surface area (Å²) in [6, 6.07) is 9.32. The third kappa shape index (κ3) is 5.35. The van der Waals surface area contributed by atoms with E-state index in [-0.39, 0.29) is 6.10 Å². The van der Waals surface area contributed by atoms with E-state index in [0.29, 0.717) is 12.0 Å². The normalized spacial score (nSPS) is 19.2. The second-order valence-corrected chi connectivity index (χ2v) is 6.55. The van der Waals surface area contributed by atoms with Gasteiger partial charge in [-0.25, -0.2) is 0 Å². The fourth-order valence-corrected chi connectivity index (χ4v) is 3.02. The predicted octanol–water partition coefficient (Wildman–Crippen LogP) is 4.89. The minimum atomic E-state index is 0.223. The summed E-state index contributed by atoms with van der Waals surface area (Å²) in [5.41, 5.74) is 1.40. The van der Waals surface area contributed by atoms with Crippen LogP contribution < -0.4 is 10.1 Å². The lowest BCUT2D eigenvalue weighted by Crippen LogP contribution is -2.37. The van der Waals surface area contributed by atoms with Gasteiger partial charge in [-0.15, -0.1) is 0 Å². The predicted molar refractivity (Wildman–Crippen MR) is 90.1 cm³/mol. The van der Waals surface area contributed by atoms with Crippen molar-refractivity contribution in [3.05, 3.63) is 29.8 Å². The molecule has 2 unspecified atom stereocenters. The van der Waals surface area contributed by atoms with E-state index < -0.39 is 0 Å². The Morgan fingerprint density at radius 2 is 1.76 bits per heavy atom. The number of hydrogen-bond acceptors (Lipinski definition) is 2. The van der Waals surface area contributed by atoms with Gasteiger partial charge in [-0.1, -0.05) is 45.2 Å². The van der Waals surface area contributed by atoms with Crippen molar-refractivity contribution in [1.29, 1.82) is 0 Å². The summed E-state index contributed by atoms with van der Waals surface area (Å²) < 4.78 is 6.01. The van der Waals surface area contributed by atoms with Crippen LogP contribution in [0.3, 0.4) is 0 Å². The Labute approximate surface area is 130 Å². The number of rotatable bonds is 7. The molecule has 2 atom stereocenters. The first-order valence-electron chi connectivity index (χ1n) is 8.69. The van der Waals surface area contributed by atoms with Crippen molar-refractivity contribution in [2.45, 2.75) is 77.4 Å². The van der Waals surface area contributed by atoms with Crippen LogP contribution in [0.25, 0.3) is 0 Å². The maximum absolute atomic E-state index is 6.01. The molecule has 1 fully saturated rings. The van der Waals surface area contributed by atoms with Crippen molar-refractivity contribution in [3.8, 4) is 5.75 Å². The third-order valence-electron chi connectivity index (χ3n) is 4.70. The molecule has 2 rings (SSSR count). The SMILES string of the molecule is CCC(C)c1ccc(OC(C)CNC2CCCCC2)cc1. The summed E-state index contributed by atoms with van der Waals surface area (Å²) in [6.45, 7) is 7.59. The summed E-state index contributed by atoms with van der Waals surface area (Å²) in [7, 11) is 0. The van der Waals surface area contributed by atoms with E-state index in [4.69, 9.17) is 4.74 Å². The van der Waals surface area contributed by atoms with E-state index in [1.165, 1.54) is 44.1 Å². The van der Waals surface area contributed by atoms with Crippen LogP contribution in [0, 0.1) is 0 Å². The van der Waals surface area contributed by atoms with Gasteiger partial charge < -0.3 is 10.1 Å².